The Balaban J connectivity index is 2.91. The number of carbonyl (C=O) groups excluding carboxylic acids is 5. The van der Waals surface area contributed by atoms with E-state index in [9.17, 15) is 38.4 Å². The summed E-state index contributed by atoms with van der Waals surface area (Å²) in [4.78, 5) is 102. The second kappa shape index (κ2) is 19.4. The van der Waals surface area contributed by atoms with Gasteiger partial charge >= 0.3 is 17.9 Å². The molecule has 46 heavy (non-hydrogen) atoms. The highest BCUT2D eigenvalue weighted by Crippen LogP contribution is 2.18. The number of hydrogen-bond acceptors (Lipinski definition) is 10. The molecule has 20 nitrogen and oxygen atoms in total. The van der Waals surface area contributed by atoms with E-state index in [0.29, 0.717) is 6.42 Å². The Kier molecular flexibility index (Phi) is 16.4. The van der Waals surface area contributed by atoms with E-state index in [1.807, 2.05) is 0 Å². The zero-order valence-corrected chi connectivity index (χ0v) is 25.4. The van der Waals surface area contributed by atoms with Crippen molar-refractivity contribution in [2.45, 2.75) is 88.5 Å². The van der Waals surface area contributed by atoms with Gasteiger partial charge in [0.1, 0.15) is 24.2 Å². The number of carbonyl (C=O) groups is 8. The minimum Gasteiger partial charge on any atom is -0.481 e. The van der Waals surface area contributed by atoms with Gasteiger partial charge in [-0.3, -0.25) is 43.3 Å². The van der Waals surface area contributed by atoms with Gasteiger partial charge in [-0.1, -0.05) is 0 Å². The standard InChI is InChI=1S/C26H43N9O11/c1-13(25(45)46)32-23(43)15(4-2-10-30-26(28)29)34-24(44)17-5-3-11-35(17)18(36)12-31-22(42)16(7-9-20(39)40)33-21(41)14(27)6-8-19(37)38/h13-17H,2-12,27H2,1H3,(H,31,42)(H,32,43)(H,33,41)(H,34,44)(H,37,38)(H,39,40)(H,45,46)(H4,28,29,30)/t13-,14-,15-,16-,17-/m0/s1. The molecule has 20 heteroatoms. The molecule has 1 fully saturated rings. The summed E-state index contributed by atoms with van der Waals surface area (Å²) >= 11 is 0. The van der Waals surface area contributed by atoms with Crippen LogP contribution in [0.1, 0.15) is 58.3 Å². The maximum absolute atomic E-state index is 13.2. The highest BCUT2D eigenvalue weighted by Gasteiger charge is 2.36. The first-order valence-corrected chi connectivity index (χ1v) is 14.5. The van der Waals surface area contributed by atoms with Gasteiger partial charge in [0.25, 0.3) is 0 Å². The molecule has 5 atom stereocenters. The van der Waals surface area contributed by atoms with Crippen molar-refractivity contribution < 1.29 is 53.7 Å². The third-order valence-corrected chi connectivity index (χ3v) is 6.88. The lowest BCUT2D eigenvalue weighted by atomic mass is 10.1. The number of likely N-dealkylation sites (tertiary alicyclic amines) is 1. The molecule has 1 aliphatic rings. The van der Waals surface area contributed by atoms with Crippen LogP contribution in [0.25, 0.3) is 0 Å². The number of carboxylic acids is 3. The van der Waals surface area contributed by atoms with Crippen LogP contribution in [0.3, 0.4) is 0 Å². The molecule has 1 heterocycles. The molecule has 5 amide bonds. The van der Waals surface area contributed by atoms with Crippen molar-refractivity contribution in [3.63, 3.8) is 0 Å². The van der Waals surface area contributed by atoms with Gasteiger partial charge in [-0.25, -0.2) is 0 Å². The number of carboxylic acid groups (broad SMARTS) is 3. The number of rotatable bonds is 20. The van der Waals surface area contributed by atoms with E-state index in [0.717, 1.165) is 0 Å². The average molecular weight is 658 g/mol. The highest BCUT2D eigenvalue weighted by molar-refractivity contribution is 5.95. The Hall–Kier alpha value is -5.01. The smallest absolute Gasteiger partial charge is 0.325 e. The fourth-order valence-electron chi connectivity index (χ4n) is 4.37. The lowest BCUT2D eigenvalue weighted by molar-refractivity contribution is -0.142. The molecule has 0 bridgehead atoms. The minimum atomic E-state index is -1.41. The topological polar surface area (TPSA) is 339 Å². The number of amides is 5. The summed E-state index contributed by atoms with van der Waals surface area (Å²) in [6.07, 6.45) is -0.577. The number of aliphatic imine (C=N–C) groups is 1. The van der Waals surface area contributed by atoms with Crippen LogP contribution in [-0.4, -0.2) is 123 Å². The van der Waals surface area contributed by atoms with E-state index in [4.69, 9.17) is 32.5 Å². The zero-order chi connectivity index (χ0) is 35.0. The van der Waals surface area contributed by atoms with Crippen LogP contribution >= 0.6 is 0 Å². The molecule has 0 unspecified atom stereocenters. The van der Waals surface area contributed by atoms with Gasteiger partial charge in [-0.2, -0.15) is 0 Å². The fraction of sp³-hybridized carbons (Fsp3) is 0.654. The van der Waals surface area contributed by atoms with E-state index >= 15 is 0 Å². The average Bonchev–Trinajstić information content (AvgIpc) is 3.48. The van der Waals surface area contributed by atoms with Gasteiger partial charge < -0.3 is 58.7 Å². The third kappa shape index (κ3) is 14.2. The molecule has 1 aliphatic heterocycles. The number of guanidine groups is 1. The lowest BCUT2D eigenvalue weighted by Gasteiger charge is -2.27. The first-order valence-electron chi connectivity index (χ1n) is 14.5. The molecule has 0 aliphatic carbocycles. The molecule has 258 valence electrons. The van der Waals surface area contributed by atoms with Crippen LogP contribution in [0, 0.1) is 0 Å². The van der Waals surface area contributed by atoms with Crippen molar-refractivity contribution in [1.29, 1.82) is 0 Å². The maximum atomic E-state index is 13.2. The lowest BCUT2D eigenvalue weighted by Crippen LogP contribution is -2.56. The maximum Gasteiger partial charge on any atom is 0.325 e. The summed E-state index contributed by atoms with van der Waals surface area (Å²) in [6.45, 7) is 0.898. The van der Waals surface area contributed by atoms with Gasteiger partial charge in [-0.05, 0) is 45.4 Å². The van der Waals surface area contributed by atoms with Crippen LogP contribution in [0.4, 0.5) is 0 Å². The van der Waals surface area contributed by atoms with E-state index in [2.05, 4.69) is 26.3 Å². The second-order valence-corrected chi connectivity index (χ2v) is 10.6. The predicted octanol–water partition coefficient (Wildman–Crippen LogP) is -4.24. The van der Waals surface area contributed by atoms with E-state index in [-0.39, 0.29) is 51.2 Å². The molecule has 0 radical (unpaired) electrons. The molecule has 0 aromatic carbocycles. The normalized spacial score (nSPS) is 16.6. The van der Waals surface area contributed by atoms with Gasteiger partial charge in [0.05, 0.1) is 12.6 Å². The SMILES string of the molecule is C[C@H](NC(=O)[C@H](CCCN=C(N)N)NC(=O)[C@@H]1CCCN1C(=O)CNC(=O)[C@H](CCC(=O)O)NC(=O)[C@@H](N)CCC(=O)O)C(=O)O. The van der Waals surface area contributed by atoms with Crippen molar-refractivity contribution in [2.75, 3.05) is 19.6 Å². The summed E-state index contributed by atoms with van der Waals surface area (Å²) < 4.78 is 0. The highest BCUT2D eigenvalue weighted by atomic mass is 16.4. The zero-order valence-electron chi connectivity index (χ0n) is 25.4. The summed E-state index contributed by atoms with van der Waals surface area (Å²) in [5.41, 5.74) is 16.3. The van der Waals surface area contributed by atoms with Crippen molar-refractivity contribution in [3.8, 4) is 0 Å². The number of hydrogen-bond donors (Lipinski definition) is 10. The molecule has 0 aromatic heterocycles. The van der Waals surface area contributed by atoms with Crippen LogP contribution in [0.15, 0.2) is 4.99 Å². The molecule has 0 aromatic rings. The Labute approximate surface area is 263 Å². The third-order valence-electron chi connectivity index (χ3n) is 6.88. The van der Waals surface area contributed by atoms with Crippen molar-refractivity contribution in [2.24, 2.45) is 22.2 Å². The van der Waals surface area contributed by atoms with Crippen molar-refractivity contribution >= 4 is 53.4 Å². The molecule has 0 saturated carbocycles. The Bertz CT molecular complexity index is 1180. The fourth-order valence-corrected chi connectivity index (χ4v) is 4.37. The van der Waals surface area contributed by atoms with E-state index in [1.54, 1.807) is 0 Å². The number of nitrogens with zero attached hydrogens (tertiary/aromatic N) is 2. The molecule has 13 N–H and O–H groups in total. The summed E-state index contributed by atoms with van der Waals surface area (Å²) in [5, 5.41) is 36.4. The van der Waals surface area contributed by atoms with Crippen molar-refractivity contribution in [1.82, 2.24) is 26.2 Å². The van der Waals surface area contributed by atoms with Crippen molar-refractivity contribution in [3.05, 3.63) is 0 Å². The summed E-state index contributed by atoms with van der Waals surface area (Å²) in [7, 11) is 0. The second-order valence-electron chi connectivity index (χ2n) is 10.6. The molecular formula is C26H43N9O11. The number of aliphatic carboxylic acids is 3. The molecule has 1 rings (SSSR count). The summed E-state index contributed by atoms with van der Waals surface area (Å²) in [5.74, 6) is -7.85. The predicted molar refractivity (Wildman–Crippen MR) is 158 cm³/mol. The minimum absolute atomic E-state index is 0.0425. The molecule has 0 spiro atoms. The van der Waals surface area contributed by atoms with Crippen LogP contribution in [0.2, 0.25) is 0 Å². The van der Waals surface area contributed by atoms with Gasteiger partial charge in [0, 0.05) is 25.9 Å². The van der Waals surface area contributed by atoms with Gasteiger partial charge in [-0.15, -0.1) is 0 Å². The number of nitrogens with two attached hydrogens (primary N) is 3. The monoisotopic (exact) mass is 657 g/mol. The van der Waals surface area contributed by atoms with Gasteiger partial charge in [0.15, 0.2) is 5.96 Å². The van der Waals surface area contributed by atoms with Crippen LogP contribution in [-0.2, 0) is 38.4 Å². The van der Waals surface area contributed by atoms with Crippen LogP contribution in [0.5, 0.6) is 0 Å². The van der Waals surface area contributed by atoms with Crippen LogP contribution < -0.4 is 38.5 Å². The first kappa shape index (κ1) is 39.0. The Morgan fingerprint density at radius 2 is 1.46 bits per heavy atom. The number of nitrogens with one attached hydrogen (secondary N) is 4. The molecular weight excluding hydrogens is 614 g/mol. The quantitative estimate of drug-likeness (QED) is 0.0337. The van der Waals surface area contributed by atoms with E-state index < -0.39 is 97.0 Å². The van der Waals surface area contributed by atoms with Gasteiger partial charge in [0.2, 0.25) is 29.5 Å². The Morgan fingerprint density at radius 3 is 2.04 bits per heavy atom. The largest absolute Gasteiger partial charge is 0.481 e. The first-order chi connectivity index (χ1) is 21.5. The van der Waals surface area contributed by atoms with E-state index in [1.165, 1.54) is 11.8 Å². The summed E-state index contributed by atoms with van der Waals surface area (Å²) in [6, 6.07) is -6.14. The Morgan fingerprint density at radius 1 is 0.848 bits per heavy atom. The molecule has 1 saturated heterocycles.